The van der Waals surface area contributed by atoms with Crippen molar-refractivity contribution < 1.29 is 4.39 Å². The fraction of sp³-hybridized carbons (Fsp3) is 0.333. The Balaban J connectivity index is 3.07. The molecule has 2 N–H and O–H groups in total. The highest BCUT2D eigenvalue weighted by molar-refractivity contribution is 5.54. The van der Waals surface area contributed by atoms with Crippen LogP contribution >= 0.6 is 0 Å². The van der Waals surface area contributed by atoms with Crippen LogP contribution in [0.3, 0.4) is 0 Å². The Morgan fingerprint density at radius 3 is 2.71 bits per heavy atom. The minimum Gasteiger partial charge on any atom is -0.324 e. The molecule has 0 aliphatic rings. The summed E-state index contributed by atoms with van der Waals surface area (Å²) >= 11 is 0. The zero-order chi connectivity index (χ0) is 10.7. The number of nitrogens with two attached hydrogens (primary N) is 1. The lowest BCUT2D eigenvalue weighted by atomic mass is 10.1. The predicted octanol–water partition coefficient (Wildman–Crippen LogP) is 2.88. The minimum absolute atomic E-state index is 0.0325. The molecule has 2 heteroatoms. The molecule has 0 aliphatic carbocycles. The number of aryl methyl sites for hydroxylation is 1. The SMILES string of the molecule is C/C(=C\c1cc(C)ccc1F)C(C)N. The zero-order valence-corrected chi connectivity index (χ0v) is 8.84. The molecule has 14 heavy (non-hydrogen) atoms. The largest absolute Gasteiger partial charge is 0.324 e. The van der Waals surface area contributed by atoms with E-state index < -0.39 is 0 Å². The molecule has 0 aromatic heterocycles. The Morgan fingerprint density at radius 2 is 2.14 bits per heavy atom. The molecule has 76 valence electrons. The molecule has 0 bridgehead atoms. The number of hydrogen-bond donors (Lipinski definition) is 1. The molecule has 1 rings (SSSR count). The fourth-order valence-electron chi connectivity index (χ4n) is 1.15. The molecule has 1 unspecified atom stereocenters. The molecule has 0 radical (unpaired) electrons. The van der Waals surface area contributed by atoms with Crippen molar-refractivity contribution in [1.82, 2.24) is 0 Å². The normalized spacial score (nSPS) is 14.2. The van der Waals surface area contributed by atoms with Crippen molar-refractivity contribution in [3.8, 4) is 0 Å². The molecule has 0 aliphatic heterocycles. The van der Waals surface area contributed by atoms with Crippen molar-refractivity contribution in [2.45, 2.75) is 26.8 Å². The van der Waals surface area contributed by atoms with Gasteiger partial charge in [0.2, 0.25) is 0 Å². The van der Waals surface area contributed by atoms with Crippen LogP contribution in [0.25, 0.3) is 6.08 Å². The van der Waals surface area contributed by atoms with Gasteiger partial charge in [-0.1, -0.05) is 23.3 Å². The van der Waals surface area contributed by atoms with E-state index in [2.05, 4.69) is 0 Å². The lowest BCUT2D eigenvalue weighted by molar-refractivity contribution is 0.624. The van der Waals surface area contributed by atoms with Crippen LogP contribution in [0.2, 0.25) is 0 Å². The first-order valence-corrected chi connectivity index (χ1v) is 4.70. The molecule has 1 atom stereocenters. The maximum Gasteiger partial charge on any atom is 0.130 e. The molecule has 0 amide bonds. The van der Waals surface area contributed by atoms with Gasteiger partial charge in [0.15, 0.2) is 0 Å². The Morgan fingerprint density at radius 1 is 1.50 bits per heavy atom. The second-order valence-corrected chi connectivity index (χ2v) is 3.70. The van der Waals surface area contributed by atoms with Crippen molar-refractivity contribution in [2.75, 3.05) is 0 Å². The molecule has 1 aromatic rings. The summed E-state index contributed by atoms with van der Waals surface area (Å²) in [6.07, 6.45) is 1.80. The number of rotatable bonds is 2. The van der Waals surface area contributed by atoms with Crippen molar-refractivity contribution >= 4 is 6.08 Å². The molecular weight excluding hydrogens is 177 g/mol. The van der Waals surface area contributed by atoms with Crippen LogP contribution in [0.15, 0.2) is 23.8 Å². The maximum absolute atomic E-state index is 13.3. The summed E-state index contributed by atoms with van der Waals surface area (Å²) in [5, 5.41) is 0. The predicted molar refractivity (Wildman–Crippen MR) is 58.4 cm³/mol. The number of benzene rings is 1. The fourth-order valence-corrected chi connectivity index (χ4v) is 1.15. The molecule has 0 fully saturated rings. The average Bonchev–Trinajstić information content (AvgIpc) is 2.11. The van der Waals surface area contributed by atoms with Crippen LogP contribution in [0.5, 0.6) is 0 Å². The highest BCUT2D eigenvalue weighted by Gasteiger charge is 2.01. The van der Waals surface area contributed by atoms with E-state index in [0.717, 1.165) is 11.1 Å². The van der Waals surface area contributed by atoms with Gasteiger partial charge >= 0.3 is 0 Å². The molecular formula is C12H16FN. The summed E-state index contributed by atoms with van der Waals surface area (Å²) in [5.74, 6) is -0.199. The van der Waals surface area contributed by atoms with E-state index in [0.29, 0.717) is 5.56 Å². The van der Waals surface area contributed by atoms with E-state index in [1.54, 1.807) is 12.1 Å². The van der Waals surface area contributed by atoms with E-state index >= 15 is 0 Å². The molecule has 0 spiro atoms. The van der Waals surface area contributed by atoms with E-state index in [1.807, 2.05) is 26.8 Å². The summed E-state index contributed by atoms with van der Waals surface area (Å²) in [7, 11) is 0. The Labute approximate surface area is 84.4 Å². The second kappa shape index (κ2) is 4.38. The summed E-state index contributed by atoms with van der Waals surface area (Å²) in [4.78, 5) is 0. The Bertz CT molecular complexity index is 353. The summed E-state index contributed by atoms with van der Waals surface area (Å²) in [6.45, 7) is 5.74. The third kappa shape index (κ3) is 2.67. The first-order chi connectivity index (χ1) is 6.50. The van der Waals surface area contributed by atoms with Crippen LogP contribution < -0.4 is 5.73 Å². The van der Waals surface area contributed by atoms with Crippen molar-refractivity contribution in [1.29, 1.82) is 0 Å². The van der Waals surface area contributed by atoms with E-state index in [4.69, 9.17) is 5.73 Å². The highest BCUT2D eigenvalue weighted by Crippen LogP contribution is 2.14. The number of hydrogen-bond acceptors (Lipinski definition) is 1. The second-order valence-electron chi connectivity index (χ2n) is 3.70. The zero-order valence-electron chi connectivity index (χ0n) is 8.84. The number of halogens is 1. The van der Waals surface area contributed by atoms with Gasteiger partial charge in [-0.25, -0.2) is 4.39 Å². The van der Waals surface area contributed by atoms with Crippen LogP contribution in [-0.4, -0.2) is 6.04 Å². The van der Waals surface area contributed by atoms with Crippen molar-refractivity contribution in [2.24, 2.45) is 5.73 Å². The van der Waals surface area contributed by atoms with Crippen LogP contribution in [0.4, 0.5) is 4.39 Å². The smallest absolute Gasteiger partial charge is 0.130 e. The Kier molecular flexibility index (Phi) is 3.42. The lowest BCUT2D eigenvalue weighted by Crippen LogP contribution is -2.15. The first kappa shape index (κ1) is 10.9. The van der Waals surface area contributed by atoms with Gasteiger partial charge in [-0.2, -0.15) is 0 Å². The van der Waals surface area contributed by atoms with Crippen molar-refractivity contribution in [3.63, 3.8) is 0 Å². The molecule has 0 heterocycles. The van der Waals surface area contributed by atoms with Gasteiger partial charge in [-0.05, 0) is 32.9 Å². The summed E-state index contributed by atoms with van der Waals surface area (Å²) in [6, 6.07) is 5.03. The molecule has 0 saturated carbocycles. The van der Waals surface area contributed by atoms with Gasteiger partial charge < -0.3 is 5.73 Å². The molecule has 1 nitrogen and oxygen atoms in total. The topological polar surface area (TPSA) is 26.0 Å². The van der Waals surface area contributed by atoms with E-state index in [9.17, 15) is 4.39 Å². The van der Waals surface area contributed by atoms with Gasteiger partial charge in [0, 0.05) is 11.6 Å². The first-order valence-electron chi connectivity index (χ1n) is 4.70. The summed E-state index contributed by atoms with van der Waals surface area (Å²) < 4.78 is 13.3. The average molecular weight is 193 g/mol. The van der Waals surface area contributed by atoms with Crippen LogP contribution in [0, 0.1) is 12.7 Å². The van der Waals surface area contributed by atoms with Gasteiger partial charge in [-0.3, -0.25) is 0 Å². The summed E-state index contributed by atoms with van der Waals surface area (Å²) in [5.41, 5.74) is 8.32. The van der Waals surface area contributed by atoms with Crippen LogP contribution in [0.1, 0.15) is 25.0 Å². The standard InChI is InChI=1S/C12H16FN/c1-8-4-5-12(13)11(6-8)7-9(2)10(3)14/h4-7,10H,14H2,1-3H3/b9-7+. The van der Waals surface area contributed by atoms with E-state index in [1.165, 1.54) is 6.07 Å². The monoisotopic (exact) mass is 193 g/mol. The van der Waals surface area contributed by atoms with Gasteiger partial charge in [0.1, 0.15) is 5.82 Å². The van der Waals surface area contributed by atoms with E-state index in [-0.39, 0.29) is 11.9 Å². The quantitative estimate of drug-likeness (QED) is 0.767. The third-order valence-electron chi connectivity index (χ3n) is 2.25. The van der Waals surface area contributed by atoms with Gasteiger partial charge in [0.05, 0.1) is 0 Å². The van der Waals surface area contributed by atoms with Gasteiger partial charge in [-0.15, -0.1) is 0 Å². The molecule has 0 saturated heterocycles. The van der Waals surface area contributed by atoms with Crippen molar-refractivity contribution in [3.05, 3.63) is 40.7 Å². The molecule has 1 aromatic carbocycles. The maximum atomic E-state index is 13.3. The minimum atomic E-state index is -0.199. The van der Waals surface area contributed by atoms with Crippen LogP contribution in [-0.2, 0) is 0 Å². The lowest BCUT2D eigenvalue weighted by Gasteiger charge is -2.06. The highest BCUT2D eigenvalue weighted by atomic mass is 19.1. The van der Waals surface area contributed by atoms with Gasteiger partial charge in [0.25, 0.3) is 0 Å². The Hall–Kier alpha value is -1.15. The third-order valence-corrected chi connectivity index (χ3v) is 2.25.